The Labute approximate surface area is 208 Å². The Hall–Kier alpha value is -0.120. The minimum atomic E-state index is -0.555. The molecule has 0 bridgehead atoms. The molecule has 0 saturated carbocycles. The van der Waals surface area contributed by atoms with Crippen molar-refractivity contribution in [3.63, 3.8) is 0 Å². The molecule has 0 aliphatic carbocycles. The van der Waals surface area contributed by atoms with Crippen LogP contribution in [-0.4, -0.2) is 22.7 Å². The lowest BCUT2D eigenvalue weighted by molar-refractivity contribution is 0.0310. The summed E-state index contributed by atoms with van der Waals surface area (Å²) < 4.78 is 0. The van der Waals surface area contributed by atoms with Crippen molar-refractivity contribution in [1.82, 2.24) is 5.32 Å². The van der Waals surface area contributed by atoms with Crippen LogP contribution in [0.5, 0.6) is 0 Å². The molecule has 2 atom stereocenters. The minimum absolute atomic E-state index is 0.555. The first-order valence-corrected chi connectivity index (χ1v) is 15.3. The molecule has 0 aromatic rings. The van der Waals surface area contributed by atoms with E-state index in [9.17, 15) is 10.2 Å². The second-order valence-corrected chi connectivity index (χ2v) is 10.6. The number of unbranched alkanes of at least 4 members (excludes halogenated alkanes) is 22. The summed E-state index contributed by atoms with van der Waals surface area (Å²) in [7, 11) is 0. The second-order valence-electron chi connectivity index (χ2n) is 10.6. The average molecular weight is 470 g/mol. The Kier molecular flexibility index (Phi) is 28.0. The number of nitrogens with one attached hydrogen (secondary N) is 1. The molecule has 0 radical (unpaired) electrons. The van der Waals surface area contributed by atoms with Crippen LogP contribution in [0.1, 0.15) is 181 Å². The molecule has 0 fully saturated rings. The van der Waals surface area contributed by atoms with E-state index in [4.69, 9.17) is 0 Å². The van der Waals surface area contributed by atoms with Crippen LogP contribution in [0.2, 0.25) is 0 Å². The molecule has 3 heteroatoms. The van der Waals surface area contributed by atoms with E-state index >= 15 is 0 Å². The smallest absolute Gasteiger partial charge is 0.106 e. The van der Waals surface area contributed by atoms with E-state index in [2.05, 4.69) is 19.2 Å². The molecule has 2 unspecified atom stereocenters. The number of hydrogen-bond acceptors (Lipinski definition) is 3. The largest absolute Gasteiger partial charge is 0.379 e. The van der Waals surface area contributed by atoms with Crippen molar-refractivity contribution in [3.05, 3.63) is 0 Å². The van der Waals surface area contributed by atoms with Gasteiger partial charge in [0, 0.05) is 0 Å². The average Bonchev–Trinajstić information content (AvgIpc) is 2.80. The van der Waals surface area contributed by atoms with E-state index in [1.54, 1.807) is 0 Å². The third kappa shape index (κ3) is 28.0. The summed E-state index contributed by atoms with van der Waals surface area (Å²) in [4.78, 5) is 0. The minimum Gasteiger partial charge on any atom is -0.379 e. The second kappa shape index (κ2) is 28.1. The first-order valence-electron chi connectivity index (χ1n) is 15.3. The lowest BCUT2D eigenvalue weighted by Gasteiger charge is -2.18. The van der Waals surface area contributed by atoms with Crippen molar-refractivity contribution in [2.75, 3.05) is 0 Å². The van der Waals surface area contributed by atoms with Gasteiger partial charge in [-0.1, -0.05) is 155 Å². The Morgan fingerprint density at radius 3 is 0.818 bits per heavy atom. The highest BCUT2D eigenvalue weighted by atomic mass is 16.3. The van der Waals surface area contributed by atoms with E-state index in [-0.39, 0.29) is 0 Å². The van der Waals surface area contributed by atoms with Gasteiger partial charge in [0.1, 0.15) is 12.5 Å². The summed E-state index contributed by atoms with van der Waals surface area (Å²) in [5, 5.41) is 23.2. The molecule has 0 heterocycles. The van der Waals surface area contributed by atoms with Crippen LogP contribution in [0.25, 0.3) is 0 Å². The normalized spacial score (nSPS) is 13.5. The predicted octanol–water partition coefficient (Wildman–Crippen LogP) is 9.40. The zero-order valence-corrected chi connectivity index (χ0v) is 22.9. The van der Waals surface area contributed by atoms with Crippen LogP contribution >= 0.6 is 0 Å². The van der Waals surface area contributed by atoms with Gasteiger partial charge in [-0.3, -0.25) is 5.32 Å². The number of hydrogen-bond donors (Lipinski definition) is 3. The van der Waals surface area contributed by atoms with E-state index in [0.29, 0.717) is 0 Å². The highest BCUT2D eigenvalue weighted by molar-refractivity contribution is 4.60. The quantitative estimate of drug-likeness (QED) is 0.0790. The van der Waals surface area contributed by atoms with Gasteiger partial charge in [-0.25, -0.2) is 0 Å². The molecule has 3 N–H and O–H groups in total. The Morgan fingerprint density at radius 1 is 0.364 bits per heavy atom. The van der Waals surface area contributed by atoms with Crippen LogP contribution in [-0.2, 0) is 0 Å². The fourth-order valence-electron chi connectivity index (χ4n) is 4.75. The zero-order chi connectivity index (χ0) is 24.2. The Bertz CT molecular complexity index is 318. The summed E-state index contributed by atoms with van der Waals surface area (Å²) in [6.45, 7) is 4.55. The third-order valence-electron chi connectivity index (χ3n) is 7.05. The molecule has 0 aliphatic rings. The summed E-state index contributed by atoms with van der Waals surface area (Å²) in [5.41, 5.74) is 0. The zero-order valence-electron chi connectivity index (χ0n) is 22.9. The maximum Gasteiger partial charge on any atom is 0.106 e. The first kappa shape index (κ1) is 32.9. The molecule has 0 aromatic carbocycles. The van der Waals surface area contributed by atoms with Crippen LogP contribution in [0.4, 0.5) is 0 Å². The SMILES string of the molecule is CCCCCCCCCCCCCCC(O)NC(O)CCCCCCCCCCCCCC. The Morgan fingerprint density at radius 2 is 0.576 bits per heavy atom. The van der Waals surface area contributed by atoms with E-state index in [0.717, 1.165) is 25.7 Å². The molecule has 0 amide bonds. The number of rotatable bonds is 28. The van der Waals surface area contributed by atoms with E-state index in [1.165, 1.54) is 141 Å². The fraction of sp³-hybridized carbons (Fsp3) is 1.00. The van der Waals surface area contributed by atoms with Crippen molar-refractivity contribution >= 4 is 0 Å². The molecule has 3 nitrogen and oxygen atoms in total. The van der Waals surface area contributed by atoms with Crippen molar-refractivity contribution in [1.29, 1.82) is 0 Å². The van der Waals surface area contributed by atoms with Crippen molar-refractivity contribution in [2.45, 2.75) is 193 Å². The maximum atomic E-state index is 10.1. The molecule has 0 aliphatic heterocycles. The van der Waals surface area contributed by atoms with Gasteiger partial charge >= 0.3 is 0 Å². The van der Waals surface area contributed by atoms with Gasteiger partial charge in [0.25, 0.3) is 0 Å². The molecule has 0 spiro atoms. The summed E-state index contributed by atoms with van der Waals surface area (Å²) >= 11 is 0. The monoisotopic (exact) mass is 469 g/mol. The predicted molar refractivity (Wildman–Crippen MR) is 147 cm³/mol. The van der Waals surface area contributed by atoms with Gasteiger partial charge in [0.15, 0.2) is 0 Å². The van der Waals surface area contributed by atoms with Gasteiger partial charge in [-0.15, -0.1) is 0 Å². The summed E-state index contributed by atoms with van der Waals surface area (Å²) in [6.07, 6.45) is 32.4. The van der Waals surface area contributed by atoms with Crippen LogP contribution < -0.4 is 5.32 Å². The third-order valence-corrected chi connectivity index (χ3v) is 7.05. The lowest BCUT2D eigenvalue weighted by atomic mass is 10.0. The Balaban J connectivity index is 3.28. The molecular weight excluding hydrogens is 406 g/mol. The number of aliphatic hydroxyl groups is 2. The fourth-order valence-corrected chi connectivity index (χ4v) is 4.75. The topological polar surface area (TPSA) is 52.5 Å². The van der Waals surface area contributed by atoms with Gasteiger partial charge in [0.2, 0.25) is 0 Å². The molecule has 0 saturated heterocycles. The van der Waals surface area contributed by atoms with Gasteiger partial charge in [0.05, 0.1) is 0 Å². The van der Waals surface area contributed by atoms with Crippen molar-refractivity contribution in [3.8, 4) is 0 Å². The van der Waals surface area contributed by atoms with Crippen molar-refractivity contribution in [2.24, 2.45) is 0 Å². The summed E-state index contributed by atoms with van der Waals surface area (Å²) in [6, 6.07) is 0. The summed E-state index contributed by atoms with van der Waals surface area (Å²) in [5.74, 6) is 0. The lowest BCUT2D eigenvalue weighted by Crippen LogP contribution is -2.38. The highest BCUT2D eigenvalue weighted by Gasteiger charge is 2.09. The van der Waals surface area contributed by atoms with Crippen LogP contribution in [0, 0.1) is 0 Å². The van der Waals surface area contributed by atoms with E-state index in [1.807, 2.05) is 0 Å². The molecule has 33 heavy (non-hydrogen) atoms. The standard InChI is InChI=1S/C30H63NO2/c1-3-5-7-9-11-13-15-17-19-21-23-25-27-29(32)31-30(33)28-26-24-22-20-18-16-14-12-10-8-6-4-2/h29-33H,3-28H2,1-2H3. The first-order chi connectivity index (χ1) is 16.2. The van der Waals surface area contributed by atoms with Gasteiger partial charge in [-0.2, -0.15) is 0 Å². The van der Waals surface area contributed by atoms with Crippen LogP contribution in [0.3, 0.4) is 0 Å². The van der Waals surface area contributed by atoms with E-state index < -0.39 is 12.5 Å². The highest BCUT2D eigenvalue weighted by Crippen LogP contribution is 2.14. The van der Waals surface area contributed by atoms with Crippen molar-refractivity contribution < 1.29 is 10.2 Å². The molecule has 200 valence electrons. The maximum absolute atomic E-state index is 10.1. The molecular formula is C30H63NO2. The van der Waals surface area contributed by atoms with Gasteiger partial charge < -0.3 is 10.2 Å². The molecule has 0 rings (SSSR count). The number of aliphatic hydroxyl groups excluding tert-OH is 2. The van der Waals surface area contributed by atoms with Crippen LogP contribution in [0.15, 0.2) is 0 Å². The van der Waals surface area contributed by atoms with Gasteiger partial charge in [-0.05, 0) is 25.7 Å². The molecule has 0 aromatic heterocycles.